The van der Waals surface area contributed by atoms with Crippen LogP contribution in [0.2, 0.25) is 39.3 Å². The summed E-state index contributed by atoms with van der Waals surface area (Å²) in [5.41, 5.74) is 6.74. The number of aliphatic hydroxyl groups excluding tert-OH is 1. The Kier molecular flexibility index (Phi) is 5.78. The van der Waals surface area contributed by atoms with E-state index in [0.29, 0.717) is 5.92 Å². The van der Waals surface area contributed by atoms with E-state index >= 15 is 0 Å². The van der Waals surface area contributed by atoms with Gasteiger partial charge in [0, 0.05) is 0 Å². The molecule has 0 saturated heterocycles. The van der Waals surface area contributed by atoms with E-state index in [9.17, 15) is 5.11 Å². The van der Waals surface area contributed by atoms with Crippen molar-refractivity contribution in [2.24, 2.45) is 5.92 Å². The fourth-order valence-corrected chi connectivity index (χ4v) is 7.69. The maximum atomic E-state index is 11.2. The zero-order valence-corrected chi connectivity index (χ0v) is 18.5. The third kappa shape index (κ3) is 4.81. The van der Waals surface area contributed by atoms with Crippen LogP contribution in [0.4, 0.5) is 0 Å². The van der Waals surface area contributed by atoms with Crippen molar-refractivity contribution in [2.45, 2.75) is 65.2 Å². The van der Waals surface area contributed by atoms with E-state index in [0.717, 1.165) is 12.0 Å². The summed E-state index contributed by atoms with van der Waals surface area (Å²) in [5.74, 6) is 0.563. The minimum atomic E-state index is -1.61. The van der Waals surface area contributed by atoms with Gasteiger partial charge in [-0.3, -0.25) is 0 Å². The van der Waals surface area contributed by atoms with E-state index in [1.807, 2.05) is 18.2 Å². The number of rotatable bonds is 4. The van der Waals surface area contributed by atoms with Gasteiger partial charge in [-0.05, 0) is 29.5 Å². The first kappa shape index (κ1) is 19.4. The highest BCUT2D eigenvalue weighted by molar-refractivity contribution is 6.83. The lowest BCUT2D eigenvalue weighted by Crippen LogP contribution is -2.30. The van der Waals surface area contributed by atoms with Crippen molar-refractivity contribution in [3.63, 3.8) is 0 Å². The molecule has 1 aliphatic carbocycles. The smallest absolute Gasteiger partial charge is 0.0969 e. The molecular formula is C21H34OSi2. The highest BCUT2D eigenvalue weighted by Crippen LogP contribution is 2.43. The van der Waals surface area contributed by atoms with Gasteiger partial charge in [0.25, 0.3) is 0 Å². The van der Waals surface area contributed by atoms with Crippen LogP contribution in [0, 0.1) is 5.92 Å². The Balaban J connectivity index is 2.48. The molecule has 0 bridgehead atoms. The Labute approximate surface area is 150 Å². The second kappa shape index (κ2) is 7.14. The van der Waals surface area contributed by atoms with Gasteiger partial charge >= 0.3 is 0 Å². The molecule has 0 radical (unpaired) electrons. The fraction of sp³-hybridized carbons (Fsp3) is 0.524. The van der Waals surface area contributed by atoms with E-state index in [4.69, 9.17) is 0 Å². The Morgan fingerprint density at radius 3 is 2.17 bits per heavy atom. The van der Waals surface area contributed by atoms with Crippen molar-refractivity contribution in [1.29, 1.82) is 0 Å². The molecule has 0 amide bonds. The van der Waals surface area contributed by atoms with Gasteiger partial charge in [-0.25, -0.2) is 0 Å². The summed E-state index contributed by atoms with van der Waals surface area (Å²) >= 11 is 0. The summed E-state index contributed by atoms with van der Waals surface area (Å²) < 4.78 is 0. The molecule has 1 fully saturated rings. The molecule has 1 aliphatic rings. The van der Waals surface area contributed by atoms with Crippen LogP contribution < -0.4 is 0 Å². The lowest BCUT2D eigenvalue weighted by atomic mass is 10.00. The molecule has 1 nitrogen and oxygen atoms in total. The summed E-state index contributed by atoms with van der Waals surface area (Å²) in [6.07, 6.45) is 1.81. The van der Waals surface area contributed by atoms with Crippen molar-refractivity contribution < 1.29 is 5.11 Å². The van der Waals surface area contributed by atoms with Crippen LogP contribution in [-0.2, 0) is 0 Å². The Morgan fingerprint density at radius 2 is 1.67 bits per heavy atom. The van der Waals surface area contributed by atoms with E-state index in [-0.39, 0.29) is 0 Å². The average molecular weight is 359 g/mol. The van der Waals surface area contributed by atoms with Crippen molar-refractivity contribution in [3.8, 4) is 0 Å². The van der Waals surface area contributed by atoms with Crippen molar-refractivity contribution in [3.05, 3.63) is 57.9 Å². The maximum Gasteiger partial charge on any atom is 0.0969 e. The Morgan fingerprint density at radius 1 is 1.08 bits per heavy atom. The van der Waals surface area contributed by atoms with Crippen LogP contribution in [0.5, 0.6) is 0 Å². The molecule has 2 unspecified atom stereocenters. The number of hydrogen-bond donors (Lipinski definition) is 1. The van der Waals surface area contributed by atoms with Crippen LogP contribution in [0.25, 0.3) is 0 Å². The monoisotopic (exact) mass is 358 g/mol. The normalized spacial score (nSPS) is 24.3. The van der Waals surface area contributed by atoms with Crippen LogP contribution in [0.15, 0.2) is 52.4 Å². The molecule has 2 rings (SSSR count). The molecular weight excluding hydrogens is 324 g/mol. The van der Waals surface area contributed by atoms with E-state index in [1.165, 1.54) is 17.2 Å². The predicted molar refractivity (Wildman–Crippen MR) is 112 cm³/mol. The summed E-state index contributed by atoms with van der Waals surface area (Å²) in [5, 5.41) is 12.5. The van der Waals surface area contributed by atoms with Crippen LogP contribution in [0.3, 0.4) is 0 Å². The highest BCUT2D eigenvalue weighted by Gasteiger charge is 2.34. The summed E-state index contributed by atoms with van der Waals surface area (Å²) in [6, 6.07) is 10.2. The molecule has 1 aromatic carbocycles. The third-order valence-corrected chi connectivity index (χ3v) is 8.25. The molecule has 1 aromatic rings. The molecule has 0 aliphatic heterocycles. The van der Waals surface area contributed by atoms with Gasteiger partial charge in [-0.1, -0.05) is 93.4 Å². The first-order valence-electron chi connectivity index (χ1n) is 9.16. The standard InChI is InChI=1S/C21H34OSi2/c1-16-13-17(15-23(2,3)4)14-19(16)21(24(5,6)7)20(22)18-11-9-8-10-12-18/h8-12,15-16,20,22H,13-14H2,1-7H3/b17-15+,21-19-. The van der Waals surface area contributed by atoms with Gasteiger partial charge in [0.15, 0.2) is 0 Å². The van der Waals surface area contributed by atoms with Gasteiger partial charge in [0.2, 0.25) is 0 Å². The Hall–Kier alpha value is -0.906. The van der Waals surface area contributed by atoms with Crippen LogP contribution >= 0.6 is 0 Å². The highest BCUT2D eigenvalue weighted by atomic mass is 28.3. The Bertz CT molecular complexity index is 630. The van der Waals surface area contributed by atoms with Gasteiger partial charge in [0.05, 0.1) is 22.3 Å². The summed E-state index contributed by atoms with van der Waals surface area (Å²) in [6.45, 7) is 16.7. The molecule has 1 N–H and O–H groups in total. The molecule has 132 valence electrons. The average Bonchev–Trinajstić information content (AvgIpc) is 2.76. The largest absolute Gasteiger partial charge is 0.384 e. The summed E-state index contributed by atoms with van der Waals surface area (Å²) in [7, 11) is -2.80. The second-order valence-electron chi connectivity index (χ2n) is 9.45. The third-order valence-electron chi connectivity index (χ3n) is 4.76. The number of aliphatic hydroxyl groups is 1. The van der Waals surface area contributed by atoms with Gasteiger partial charge in [-0.2, -0.15) is 0 Å². The van der Waals surface area contributed by atoms with Gasteiger partial charge in [0.1, 0.15) is 0 Å². The van der Waals surface area contributed by atoms with E-state index in [2.05, 4.69) is 64.0 Å². The summed E-state index contributed by atoms with van der Waals surface area (Å²) in [4.78, 5) is 0. The number of allylic oxidation sites excluding steroid dienone is 2. The zero-order valence-electron chi connectivity index (χ0n) is 16.5. The molecule has 0 aromatic heterocycles. The lowest BCUT2D eigenvalue weighted by molar-refractivity contribution is 0.220. The predicted octanol–water partition coefficient (Wildman–Crippen LogP) is 6.13. The zero-order chi connectivity index (χ0) is 18.1. The molecule has 0 heterocycles. The first-order chi connectivity index (χ1) is 11.0. The van der Waals surface area contributed by atoms with E-state index < -0.39 is 22.3 Å². The van der Waals surface area contributed by atoms with Gasteiger partial charge in [-0.15, -0.1) is 0 Å². The van der Waals surface area contributed by atoms with Crippen molar-refractivity contribution in [1.82, 2.24) is 0 Å². The second-order valence-corrected chi connectivity index (χ2v) is 19.5. The molecule has 2 atom stereocenters. The molecule has 3 heteroatoms. The number of benzene rings is 1. The van der Waals surface area contributed by atoms with Crippen molar-refractivity contribution >= 4 is 16.1 Å². The molecule has 1 saturated carbocycles. The number of hydrogen-bond acceptors (Lipinski definition) is 1. The van der Waals surface area contributed by atoms with Crippen LogP contribution in [-0.4, -0.2) is 21.3 Å². The molecule has 24 heavy (non-hydrogen) atoms. The topological polar surface area (TPSA) is 20.2 Å². The van der Waals surface area contributed by atoms with Crippen LogP contribution in [0.1, 0.15) is 31.4 Å². The fourth-order valence-electron chi connectivity index (χ4n) is 3.96. The van der Waals surface area contributed by atoms with Gasteiger partial charge < -0.3 is 5.11 Å². The quantitative estimate of drug-likeness (QED) is 0.642. The SMILES string of the molecule is CC1C/C(=C\[Si](C)(C)C)C/C1=C(\C(O)c1ccccc1)[Si](C)(C)C. The minimum absolute atomic E-state index is 0.443. The first-order valence-corrected chi connectivity index (χ1v) is 16.2. The van der Waals surface area contributed by atoms with Crippen molar-refractivity contribution in [2.75, 3.05) is 0 Å². The lowest BCUT2D eigenvalue weighted by Gasteiger charge is -2.30. The van der Waals surface area contributed by atoms with E-state index in [1.54, 1.807) is 5.57 Å². The maximum absolute atomic E-state index is 11.2. The minimum Gasteiger partial charge on any atom is -0.384 e. The molecule has 0 spiro atoms.